The Hall–Kier alpha value is -3.80. The van der Waals surface area contributed by atoms with E-state index < -0.39 is 4.92 Å². The summed E-state index contributed by atoms with van der Waals surface area (Å²) in [7, 11) is 1.77. The van der Waals surface area contributed by atoms with Crippen LogP contribution in [0.3, 0.4) is 0 Å². The van der Waals surface area contributed by atoms with E-state index in [4.69, 9.17) is 16.6 Å². The molecule has 0 saturated carbocycles. The molecule has 0 atom stereocenters. The van der Waals surface area contributed by atoms with Crippen LogP contribution in [-0.4, -0.2) is 35.5 Å². The van der Waals surface area contributed by atoms with Crippen LogP contribution in [0.2, 0.25) is 0 Å². The zero-order chi connectivity index (χ0) is 20.7. The van der Waals surface area contributed by atoms with E-state index in [1.165, 1.54) is 21.8 Å². The van der Waals surface area contributed by atoms with Gasteiger partial charge in [0.1, 0.15) is 23.8 Å². The van der Waals surface area contributed by atoms with Gasteiger partial charge < -0.3 is 19.8 Å². The summed E-state index contributed by atoms with van der Waals surface area (Å²) in [5.74, 6) is 0.415. The summed E-state index contributed by atoms with van der Waals surface area (Å²) < 4.78 is 8.70. The molecule has 0 spiro atoms. The van der Waals surface area contributed by atoms with Crippen molar-refractivity contribution in [3.05, 3.63) is 63.6 Å². The molecule has 11 nitrogen and oxygen atoms in total. The van der Waals surface area contributed by atoms with Crippen LogP contribution in [0, 0.1) is 17.0 Å². The Balaban J connectivity index is 1.52. The number of hydrogen-bond donors (Lipinski definition) is 1. The third-order valence-electron chi connectivity index (χ3n) is 4.21. The van der Waals surface area contributed by atoms with Gasteiger partial charge in [0.15, 0.2) is 5.11 Å². The van der Waals surface area contributed by atoms with Gasteiger partial charge >= 0.3 is 5.82 Å². The Morgan fingerprint density at radius 3 is 2.79 bits per heavy atom. The van der Waals surface area contributed by atoms with E-state index in [9.17, 15) is 14.9 Å². The molecule has 12 heteroatoms. The first-order valence-corrected chi connectivity index (χ1v) is 8.86. The Labute approximate surface area is 169 Å². The number of furan rings is 1. The molecule has 148 valence electrons. The number of rotatable bonds is 5. The van der Waals surface area contributed by atoms with Gasteiger partial charge in [-0.15, -0.1) is 0 Å². The molecule has 3 aromatic heterocycles. The van der Waals surface area contributed by atoms with E-state index in [-0.39, 0.29) is 29.1 Å². The molecule has 0 bridgehead atoms. The lowest BCUT2D eigenvalue weighted by Gasteiger charge is -2.11. The lowest BCUT2D eigenvalue weighted by Crippen LogP contribution is -2.30. The number of carbonyl (C=O) groups excluding carboxylic acids is 1. The first-order valence-electron chi connectivity index (χ1n) is 8.46. The Kier molecular flexibility index (Phi) is 4.47. The third kappa shape index (κ3) is 3.52. The maximum atomic E-state index is 12.8. The topological polar surface area (TPSA) is 124 Å². The molecule has 1 fully saturated rings. The summed E-state index contributed by atoms with van der Waals surface area (Å²) >= 11 is 5.30. The van der Waals surface area contributed by atoms with E-state index in [0.29, 0.717) is 22.9 Å². The van der Waals surface area contributed by atoms with Crippen LogP contribution in [0.25, 0.3) is 6.08 Å². The minimum absolute atomic E-state index is 0.220. The highest BCUT2D eigenvalue weighted by molar-refractivity contribution is 7.80. The fourth-order valence-electron chi connectivity index (χ4n) is 2.96. The summed E-state index contributed by atoms with van der Waals surface area (Å²) in [4.78, 5) is 24.3. The van der Waals surface area contributed by atoms with Crippen LogP contribution in [0.4, 0.5) is 11.5 Å². The number of amides is 1. The lowest BCUT2D eigenvalue weighted by molar-refractivity contribution is -0.389. The number of thiocarbonyl (C=S) groups is 1. The second-order valence-electron chi connectivity index (χ2n) is 6.33. The molecule has 0 aliphatic carbocycles. The van der Waals surface area contributed by atoms with E-state index in [2.05, 4.69) is 15.5 Å². The van der Waals surface area contributed by atoms with Crippen LogP contribution in [-0.2, 0) is 18.4 Å². The van der Waals surface area contributed by atoms with Crippen molar-refractivity contribution >= 4 is 40.8 Å². The molecule has 1 amide bonds. The molecule has 1 aliphatic heterocycles. The van der Waals surface area contributed by atoms with Crippen LogP contribution in [0.15, 0.2) is 40.7 Å². The smallest absolute Gasteiger partial charge is 0.389 e. The summed E-state index contributed by atoms with van der Waals surface area (Å²) in [5.41, 5.74) is 1.56. The average molecular weight is 413 g/mol. The Morgan fingerprint density at radius 2 is 2.14 bits per heavy atom. The zero-order valence-corrected chi connectivity index (χ0v) is 16.2. The molecule has 4 rings (SSSR count). The fraction of sp³-hybridized carbons (Fsp3) is 0.176. The molecule has 1 N–H and O–H groups in total. The van der Waals surface area contributed by atoms with Gasteiger partial charge in [0.05, 0.1) is 28.7 Å². The van der Waals surface area contributed by atoms with E-state index in [1.807, 2.05) is 0 Å². The van der Waals surface area contributed by atoms with Crippen molar-refractivity contribution in [2.45, 2.75) is 13.5 Å². The van der Waals surface area contributed by atoms with Crippen molar-refractivity contribution in [1.82, 2.24) is 24.9 Å². The largest absolute Gasteiger partial charge is 0.460 e. The van der Waals surface area contributed by atoms with Crippen molar-refractivity contribution in [3.63, 3.8) is 0 Å². The molecular formula is C17H15N7O4S. The van der Waals surface area contributed by atoms with Crippen molar-refractivity contribution in [2.75, 3.05) is 4.90 Å². The molecule has 0 aromatic carbocycles. The third-order valence-corrected chi connectivity index (χ3v) is 4.49. The van der Waals surface area contributed by atoms with Crippen LogP contribution in [0.5, 0.6) is 0 Å². The van der Waals surface area contributed by atoms with Crippen LogP contribution >= 0.6 is 12.2 Å². The summed E-state index contributed by atoms with van der Waals surface area (Å²) in [6.07, 6.45) is 4.77. The van der Waals surface area contributed by atoms with Gasteiger partial charge in [-0.1, -0.05) is 0 Å². The Morgan fingerprint density at radius 1 is 1.34 bits per heavy atom. The van der Waals surface area contributed by atoms with Gasteiger partial charge in [-0.05, 0) is 36.2 Å². The van der Waals surface area contributed by atoms with Crippen molar-refractivity contribution < 1.29 is 14.1 Å². The number of nitro groups is 1. The van der Waals surface area contributed by atoms with Crippen LogP contribution in [0.1, 0.15) is 17.2 Å². The highest BCUT2D eigenvalue weighted by atomic mass is 32.1. The maximum absolute atomic E-state index is 12.8. The summed E-state index contributed by atoms with van der Waals surface area (Å²) in [6, 6.07) is 4.71. The van der Waals surface area contributed by atoms with Gasteiger partial charge in [0, 0.05) is 19.3 Å². The SMILES string of the molecule is Cc1nn(C)cc1N1C(=O)/C(=C\c2ccc(Cn3ccc([N+](=O)[O-])n3)o2)NC1=S. The molecule has 0 radical (unpaired) electrons. The van der Waals surface area contributed by atoms with Gasteiger partial charge in [-0.3, -0.25) is 9.48 Å². The number of nitrogens with one attached hydrogen (secondary N) is 1. The van der Waals surface area contributed by atoms with E-state index >= 15 is 0 Å². The minimum atomic E-state index is -0.565. The highest BCUT2D eigenvalue weighted by Gasteiger charge is 2.34. The number of anilines is 1. The number of carbonyl (C=O) groups is 1. The van der Waals surface area contributed by atoms with Gasteiger partial charge in [0.25, 0.3) is 5.91 Å². The van der Waals surface area contributed by atoms with Gasteiger partial charge in [-0.25, -0.2) is 4.90 Å². The zero-order valence-electron chi connectivity index (χ0n) is 15.4. The molecule has 29 heavy (non-hydrogen) atoms. The van der Waals surface area contributed by atoms with Crippen molar-refractivity contribution in [2.24, 2.45) is 7.05 Å². The second-order valence-corrected chi connectivity index (χ2v) is 6.72. The van der Waals surface area contributed by atoms with Crippen molar-refractivity contribution in [3.8, 4) is 0 Å². The van der Waals surface area contributed by atoms with Gasteiger partial charge in [0.2, 0.25) is 0 Å². The standard InChI is InChI=1S/C17H15N7O4S/c1-10-14(9-21(2)19-10)23-16(25)13(18-17(23)29)7-11-3-4-12(28-11)8-22-6-5-15(20-22)24(26)27/h3-7,9H,8H2,1-2H3,(H,18,29)/b13-7+. The number of aromatic nitrogens is 4. The van der Waals surface area contributed by atoms with Gasteiger partial charge in [-0.2, -0.15) is 9.78 Å². The summed E-state index contributed by atoms with van der Waals surface area (Å²) in [6.45, 7) is 2.02. The average Bonchev–Trinajstić information content (AvgIpc) is 3.40. The van der Waals surface area contributed by atoms with Crippen molar-refractivity contribution in [1.29, 1.82) is 0 Å². The number of nitrogens with zero attached hydrogens (tertiary/aromatic N) is 6. The monoisotopic (exact) mass is 413 g/mol. The minimum Gasteiger partial charge on any atom is -0.460 e. The maximum Gasteiger partial charge on any atom is 0.389 e. The van der Waals surface area contributed by atoms with Crippen LogP contribution < -0.4 is 10.2 Å². The lowest BCUT2D eigenvalue weighted by atomic mass is 10.3. The molecule has 0 unspecified atom stereocenters. The quantitative estimate of drug-likeness (QED) is 0.290. The Bertz CT molecular complexity index is 1170. The normalized spacial score (nSPS) is 15.4. The molecular weight excluding hydrogens is 398 g/mol. The summed E-state index contributed by atoms with van der Waals surface area (Å²) in [5, 5.41) is 21.9. The molecule has 1 aliphatic rings. The van der Waals surface area contributed by atoms with E-state index in [0.717, 1.165) is 0 Å². The predicted molar refractivity (Wildman–Crippen MR) is 106 cm³/mol. The molecule has 1 saturated heterocycles. The first kappa shape index (κ1) is 18.6. The second kappa shape index (κ2) is 6.98. The fourth-order valence-corrected chi connectivity index (χ4v) is 3.25. The first-order chi connectivity index (χ1) is 13.8. The highest BCUT2D eigenvalue weighted by Crippen LogP contribution is 2.25. The number of aryl methyl sites for hydroxylation is 2. The predicted octanol–water partition coefficient (Wildman–Crippen LogP) is 1.74. The molecule has 3 aromatic rings. The molecule has 4 heterocycles. The van der Waals surface area contributed by atoms with E-state index in [1.54, 1.807) is 43.1 Å². The number of hydrogen-bond acceptors (Lipinski definition) is 7.